The van der Waals surface area contributed by atoms with E-state index in [2.05, 4.69) is 15.9 Å². The van der Waals surface area contributed by atoms with Gasteiger partial charge in [-0.15, -0.1) is 0 Å². The first kappa shape index (κ1) is 13.5. The van der Waals surface area contributed by atoms with Gasteiger partial charge in [-0.1, -0.05) is 13.0 Å². The third-order valence-electron chi connectivity index (χ3n) is 3.33. The van der Waals surface area contributed by atoms with Gasteiger partial charge in [-0.3, -0.25) is 4.79 Å². The highest BCUT2D eigenvalue weighted by Gasteiger charge is 2.29. The zero-order chi connectivity index (χ0) is 13.3. The number of likely N-dealkylation sites (tertiary alicyclic amines) is 1. The molecule has 5 heteroatoms. The Morgan fingerprint density at radius 1 is 1.56 bits per heavy atom. The predicted molar refractivity (Wildman–Crippen MR) is 69.8 cm³/mol. The van der Waals surface area contributed by atoms with E-state index >= 15 is 0 Å². The molecule has 1 fully saturated rings. The van der Waals surface area contributed by atoms with Crippen LogP contribution < -0.4 is 0 Å². The van der Waals surface area contributed by atoms with E-state index in [1.807, 2.05) is 6.92 Å². The van der Waals surface area contributed by atoms with Gasteiger partial charge < -0.3 is 10.0 Å². The van der Waals surface area contributed by atoms with Crippen LogP contribution in [-0.4, -0.2) is 35.1 Å². The number of aliphatic hydroxyl groups is 1. The van der Waals surface area contributed by atoms with Gasteiger partial charge in [0.1, 0.15) is 5.82 Å². The summed E-state index contributed by atoms with van der Waals surface area (Å²) in [4.78, 5) is 13.8. The number of hydrogen-bond donors (Lipinski definition) is 1. The molecule has 18 heavy (non-hydrogen) atoms. The molecule has 1 N–H and O–H groups in total. The van der Waals surface area contributed by atoms with Crippen molar-refractivity contribution in [3.05, 3.63) is 34.1 Å². The zero-order valence-electron chi connectivity index (χ0n) is 10.1. The van der Waals surface area contributed by atoms with Crippen LogP contribution in [0, 0.1) is 11.7 Å². The molecule has 1 amide bonds. The van der Waals surface area contributed by atoms with Gasteiger partial charge >= 0.3 is 0 Å². The van der Waals surface area contributed by atoms with Crippen LogP contribution in [0.4, 0.5) is 4.39 Å². The van der Waals surface area contributed by atoms with Crippen molar-refractivity contribution in [2.45, 2.75) is 19.4 Å². The topological polar surface area (TPSA) is 40.5 Å². The van der Waals surface area contributed by atoms with Crippen molar-refractivity contribution in [2.24, 2.45) is 5.92 Å². The molecule has 0 spiro atoms. The molecule has 1 aliphatic rings. The van der Waals surface area contributed by atoms with Crippen molar-refractivity contribution in [3.8, 4) is 0 Å². The maximum Gasteiger partial charge on any atom is 0.256 e. The van der Waals surface area contributed by atoms with Gasteiger partial charge in [0.2, 0.25) is 0 Å². The number of nitrogens with zero attached hydrogens (tertiary/aromatic N) is 1. The van der Waals surface area contributed by atoms with Crippen molar-refractivity contribution < 1.29 is 14.3 Å². The van der Waals surface area contributed by atoms with Crippen LogP contribution in [0.3, 0.4) is 0 Å². The zero-order valence-corrected chi connectivity index (χ0v) is 11.7. The van der Waals surface area contributed by atoms with E-state index in [1.54, 1.807) is 17.0 Å². The van der Waals surface area contributed by atoms with E-state index in [0.717, 1.165) is 0 Å². The Kier molecular flexibility index (Phi) is 4.02. The molecule has 1 aliphatic heterocycles. The molecule has 2 rings (SSSR count). The third-order valence-corrected chi connectivity index (χ3v) is 3.94. The predicted octanol–water partition coefficient (Wildman–Crippen LogP) is 2.43. The molecule has 1 saturated heterocycles. The molecular weight excluding hydrogens is 301 g/mol. The second-order valence-electron chi connectivity index (χ2n) is 4.69. The average molecular weight is 316 g/mol. The van der Waals surface area contributed by atoms with Crippen molar-refractivity contribution in [2.75, 3.05) is 13.1 Å². The van der Waals surface area contributed by atoms with Gasteiger partial charge in [0.25, 0.3) is 5.91 Å². The molecular formula is C13H15BrFNO2. The molecule has 0 aromatic heterocycles. The first-order valence-electron chi connectivity index (χ1n) is 5.92. The lowest BCUT2D eigenvalue weighted by atomic mass is 9.96. The van der Waals surface area contributed by atoms with Crippen LogP contribution in [0.2, 0.25) is 0 Å². The highest BCUT2D eigenvalue weighted by molar-refractivity contribution is 9.10. The molecule has 0 saturated carbocycles. The molecule has 98 valence electrons. The lowest BCUT2D eigenvalue weighted by molar-refractivity contribution is 0.0295. The van der Waals surface area contributed by atoms with Crippen molar-refractivity contribution >= 4 is 21.8 Å². The van der Waals surface area contributed by atoms with Crippen molar-refractivity contribution in [1.29, 1.82) is 0 Å². The molecule has 1 aromatic rings. The smallest absolute Gasteiger partial charge is 0.256 e. The molecule has 0 bridgehead atoms. The number of aliphatic hydroxyl groups excluding tert-OH is 1. The quantitative estimate of drug-likeness (QED) is 0.864. The fourth-order valence-corrected chi connectivity index (χ4v) is 2.52. The summed E-state index contributed by atoms with van der Waals surface area (Å²) in [6.07, 6.45) is 0.170. The summed E-state index contributed by atoms with van der Waals surface area (Å²) in [6, 6.07) is 4.69. The normalized spacial score (nSPS) is 24.1. The first-order valence-corrected chi connectivity index (χ1v) is 6.71. The number of benzene rings is 1. The maximum absolute atomic E-state index is 13.8. The third kappa shape index (κ3) is 2.57. The Balaban J connectivity index is 2.19. The second-order valence-corrected chi connectivity index (χ2v) is 5.54. The fourth-order valence-electron chi connectivity index (χ4n) is 2.16. The number of rotatable bonds is 1. The molecule has 1 heterocycles. The van der Waals surface area contributed by atoms with Gasteiger partial charge in [0.15, 0.2) is 0 Å². The molecule has 0 radical (unpaired) electrons. The Hall–Kier alpha value is -0.940. The summed E-state index contributed by atoms with van der Waals surface area (Å²) in [7, 11) is 0. The monoisotopic (exact) mass is 315 g/mol. The Morgan fingerprint density at radius 2 is 2.28 bits per heavy atom. The molecule has 2 atom stereocenters. The number of amides is 1. The summed E-state index contributed by atoms with van der Waals surface area (Å²) in [5, 5.41) is 9.63. The Morgan fingerprint density at radius 3 is 2.94 bits per heavy atom. The highest BCUT2D eigenvalue weighted by Crippen LogP contribution is 2.23. The van der Waals surface area contributed by atoms with Gasteiger partial charge in [0, 0.05) is 13.1 Å². The number of piperidine rings is 1. The van der Waals surface area contributed by atoms with Crippen LogP contribution >= 0.6 is 15.9 Å². The highest BCUT2D eigenvalue weighted by atomic mass is 79.9. The number of halogens is 2. The minimum absolute atomic E-state index is 0.0258. The van der Waals surface area contributed by atoms with Crippen LogP contribution in [0.25, 0.3) is 0 Å². The van der Waals surface area contributed by atoms with Crippen molar-refractivity contribution in [3.63, 3.8) is 0 Å². The first-order chi connectivity index (χ1) is 8.50. The van der Waals surface area contributed by atoms with E-state index in [0.29, 0.717) is 24.0 Å². The van der Waals surface area contributed by atoms with Crippen LogP contribution in [0.5, 0.6) is 0 Å². The Labute approximate surface area is 114 Å². The van der Waals surface area contributed by atoms with Crippen LogP contribution in [0.15, 0.2) is 22.7 Å². The lowest BCUT2D eigenvalue weighted by Gasteiger charge is -2.34. The lowest BCUT2D eigenvalue weighted by Crippen LogP contribution is -2.45. The number of carbonyl (C=O) groups is 1. The molecule has 3 nitrogen and oxygen atoms in total. The SMILES string of the molecule is CC1CN(C(=O)c2cccc(Br)c2F)CCC1O. The minimum atomic E-state index is -0.527. The van der Waals surface area contributed by atoms with Crippen molar-refractivity contribution in [1.82, 2.24) is 4.90 Å². The summed E-state index contributed by atoms with van der Waals surface area (Å²) in [5.41, 5.74) is 0.0768. The average Bonchev–Trinajstić information content (AvgIpc) is 2.35. The van der Waals surface area contributed by atoms with E-state index in [4.69, 9.17) is 0 Å². The van der Waals surface area contributed by atoms with E-state index < -0.39 is 5.82 Å². The van der Waals surface area contributed by atoms with Gasteiger partial charge in [-0.25, -0.2) is 4.39 Å². The van der Waals surface area contributed by atoms with E-state index in [9.17, 15) is 14.3 Å². The van der Waals surface area contributed by atoms with Gasteiger partial charge in [-0.2, -0.15) is 0 Å². The van der Waals surface area contributed by atoms with Crippen LogP contribution in [0.1, 0.15) is 23.7 Å². The van der Waals surface area contributed by atoms with E-state index in [1.165, 1.54) is 6.07 Å². The summed E-state index contributed by atoms with van der Waals surface area (Å²) < 4.78 is 14.1. The fraction of sp³-hybridized carbons (Fsp3) is 0.462. The maximum atomic E-state index is 13.8. The molecule has 1 aromatic carbocycles. The van der Waals surface area contributed by atoms with Gasteiger partial charge in [-0.05, 0) is 40.4 Å². The van der Waals surface area contributed by atoms with E-state index in [-0.39, 0.29) is 23.5 Å². The second kappa shape index (κ2) is 5.36. The standard InChI is InChI=1S/C13H15BrFNO2/c1-8-7-16(6-5-11(8)17)13(18)9-3-2-4-10(14)12(9)15/h2-4,8,11,17H,5-7H2,1H3. The number of carbonyl (C=O) groups excluding carboxylic acids is 1. The largest absolute Gasteiger partial charge is 0.393 e. The van der Waals surface area contributed by atoms with Crippen LogP contribution in [-0.2, 0) is 0 Å². The summed E-state index contributed by atoms with van der Waals surface area (Å²) in [6.45, 7) is 2.82. The minimum Gasteiger partial charge on any atom is -0.393 e. The number of hydrogen-bond acceptors (Lipinski definition) is 2. The summed E-state index contributed by atoms with van der Waals surface area (Å²) in [5.74, 6) is -0.813. The van der Waals surface area contributed by atoms with Gasteiger partial charge in [0.05, 0.1) is 16.1 Å². The molecule has 2 unspecified atom stereocenters. The summed E-state index contributed by atoms with van der Waals surface area (Å²) >= 11 is 3.07. The molecule has 0 aliphatic carbocycles. The Bertz CT molecular complexity index is 466.